The molecule has 2 nitrogen and oxygen atoms in total. The summed E-state index contributed by atoms with van der Waals surface area (Å²) in [6, 6.07) is 0.902. The maximum Gasteiger partial charge on any atom is 0.154 e. The van der Waals surface area contributed by atoms with Gasteiger partial charge in [-0.2, -0.15) is 0 Å². The number of ether oxygens (including phenoxy) is 1. The smallest absolute Gasteiger partial charge is 0.154 e. The molecule has 0 aliphatic heterocycles. The van der Waals surface area contributed by atoms with Crippen molar-refractivity contribution < 1.29 is 13.2 Å². The Balaban J connectivity index is 2.77. The maximum absolute atomic E-state index is 12.4. The summed E-state index contributed by atoms with van der Waals surface area (Å²) in [4.78, 5) is 3.29. The zero-order valence-electron chi connectivity index (χ0n) is 7.39. The SMILES string of the molecule is [2H]C([2H])([2H])Oc1cn[c]c(F)c1. The fourth-order valence-electron chi connectivity index (χ4n) is 0.408. The Morgan fingerprint density at radius 1 is 2.00 bits per heavy atom. The zero-order valence-corrected chi connectivity index (χ0v) is 4.39. The van der Waals surface area contributed by atoms with Crippen molar-refractivity contribution in [1.82, 2.24) is 4.98 Å². The molecular weight excluding hydrogens is 121 g/mol. The molecule has 0 unspecified atom stereocenters. The number of nitrogens with zero attached hydrogens (tertiary/aromatic N) is 1. The highest BCUT2D eigenvalue weighted by Gasteiger charge is 1.92. The van der Waals surface area contributed by atoms with E-state index in [9.17, 15) is 4.39 Å². The molecule has 0 saturated heterocycles. The lowest BCUT2D eigenvalue weighted by Gasteiger charge is -1.94. The summed E-state index contributed by atoms with van der Waals surface area (Å²) in [6.07, 6.45) is 3.06. The van der Waals surface area contributed by atoms with E-state index < -0.39 is 12.9 Å². The number of hydrogen-bond donors (Lipinski definition) is 0. The molecular formula is C6H5FNO. The Labute approximate surface area is 56.5 Å². The van der Waals surface area contributed by atoms with E-state index in [1.807, 2.05) is 6.20 Å². The molecule has 0 amide bonds. The summed E-state index contributed by atoms with van der Waals surface area (Å²) in [5.74, 6) is -0.886. The van der Waals surface area contributed by atoms with Gasteiger partial charge in [0.25, 0.3) is 0 Å². The maximum atomic E-state index is 12.4. The summed E-state index contributed by atoms with van der Waals surface area (Å²) >= 11 is 0. The third-order valence-electron chi connectivity index (χ3n) is 0.750. The van der Waals surface area contributed by atoms with Crippen molar-refractivity contribution in [3.8, 4) is 5.75 Å². The van der Waals surface area contributed by atoms with Crippen molar-refractivity contribution in [1.29, 1.82) is 0 Å². The molecule has 1 aromatic rings. The molecule has 47 valence electrons. The Bertz CT molecular complexity index is 276. The van der Waals surface area contributed by atoms with Crippen molar-refractivity contribution in [3.63, 3.8) is 0 Å². The predicted molar refractivity (Wildman–Crippen MR) is 29.6 cm³/mol. The first-order valence-electron chi connectivity index (χ1n) is 3.70. The van der Waals surface area contributed by atoms with Crippen molar-refractivity contribution in [2.45, 2.75) is 0 Å². The lowest BCUT2D eigenvalue weighted by molar-refractivity contribution is 0.408. The minimum atomic E-state index is -2.57. The minimum absolute atomic E-state index is 0.133. The molecule has 3 heteroatoms. The molecule has 0 spiro atoms. The van der Waals surface area contributed by atoms with Crippen LogP contribution in [0.1, 0.15) is 4.11 Å². The van der Waals surface area contributed by atoms with Crippen molar-refractivity contribution in [2.75, 3.05) is 7.04 Å². The van der Waals surface area contributed by atoms with Gasteiger partial charge in [-0.15, -0.1) is 0 Å². The molecule has 9 heavy (non-hydrogen) atoms. The highest BCUT2D eigenvalue weighted by atomic mass is 19.1. The molecule has 1 aromatic heterocycles. The monoisotopic (exact) mass is 129 g/mol. The van der Waals surface area contributed by atoms with Crippen LogP contribution >= 0.6 is 0 Å². The Morgan fingerprint density at radius 3 is 3.56 bits per heavy atom. The molecule has 0 N–H and O–H groups in total. The van der Waals surface area contributed by atoms with Crippen LogP contribution in [-0.4, -0.2) is 12.0 Å². The Kier molecular flexibility index (Phi) is 0.853. The van der Waals surface area contributed by atoms with Crippen LogP contribution in [0.2, 0.25) is 0 Å². The van der Waals surface area contributed by atoms with E-state index in [4.69, 9.17) is 4.11 Å². The van der Waals surface area contributed by atoms with Gasteiger partial charge in [0.2, 0.25) is 0 Å². The van der Waals surface area contributed by atoms with Crippen LogP contribution in [0.15, 0.2) is 12.3 Å². The normalized spacial score (nSPS) is 15.4. The molecule has 1 radical (unpaired) electrons. The van der Waals surface area contributed by atoms with Gasteiger partial charge in [0.15, 0.2) is 5.82 Å². The third-order valence-corrected chi connectivity index (χ3v) is 0.750. The zero-order chi connectivity index (χ0) is 9.19. The summed E-state index contributed by atoms with van der Waals surface area (Å²) in [5, 5.41) is 0. The number of pyridine rings is 1. The first-order chi connectivity index (χ1) is 5.47. The number of aromatic nitrogens is 1. The molecule has 1 heterocycles. The largest absolute Gasteiger partial charge is 0.495 e. The van der Waals surface area contributed by atoms with E-state index in [0.29, 0.717) is 0 Å². The second-order valence-corrected chi connectivity index (χ2v) is 1.37. The second kappa shape index (κ2) is 2.44. The van der Waals surface area contributed by atoms with Crippen LogP contribution in [0.25, 0.3) is 0 Å². The molecule has 0 aliphatic carbocycles. The molecule has 0 atom stereocenters. The van der Waals surface area contributed by atoms with Gasteiger partial charge in [0.05, 0.1) is 17.3 Å². The lowest BCUT2D eigenvalue weighted by Crippen LogP contribution is -1.85. The fourth-order valence-corrected chi connectivity index (χ4v) is 0.408. The molecule has 0 bridgehead atoms. The minimum Gasteiger partial charge on any atom is -0.495 e. The molecule has 0 aliphatic rings. The number of hydrogen-bond acceptors (Lipinski definition) is 2. The summed E-state index contributed by atoms with van der Waals surface area (Å²) in [6.45, 7) is 0. The molecule has 0 fully saturated rings. The van der Waals surface area contributed by atoms with Gasteiger partial charge in [-0.05, 0) is 0 Å². The summed E-state index contributed by atoms with van der Waals surface area (Å²) in [5.41, 5.74) is 0. The van der Waals surface area contributed by atoms with Crippen LogP contribution in [0.5, 0.6) is 5.75 Å². The average molecular weight is 129 g/mol. The van der Waals surface area contributed by atoms with E-state index in [1.165, 1.54) is 0 Å². The third kappa shape index (κ3) is 1.38. The Hall–Kier alpha value is -1.12. The number of halogens is 1. The van der Waals surface area contributed by atoms with Crippen molar-refractivity contribution in [2.24, 2.45) is 0 Å². The van der Waals surface area contributed by atoms with Gasteiger partial charge in [-0.25, -0.2) is 9.37 Å². The predicted octanol–water partition coefficient (Wildman–Crippen LogP) is 1.03. The summed E-state index contributed by atoms with van der Waals surface area (Å²) in [7, 11) is -2.57. The van der Waals surface area contributed by atoms with Crippen LogP contribution in [-0.2, 0) is 0 Å². The van der Waals surface area contributed by atoms with Crippen LogP contribution < -0.4 is 4.74 Å². The average Bonchev–Trinajstić information content (AvgIpc) is 1.82. The summed E-state index contributed by atoms with van der Waals surface area (Å²) < 4.78 is 36.8. The lowest BCUT2D eigenvalue weighted by atomic mass is 10.4. The van der Waals surface area contributed by atoms with E-state index in [2.05, 4.69) is 9.72 Å². The highest BCUT2D eigenvalue weighted by Crippen LogP contribution is 2.07. The number of methoxy groups -OCH3 is 1. The molecule has 0 aromatic carbocycles. The van der Waals surface area contributed by atoms with Gasteiger partial charge in [0.1, 0.15) is 11.9 Å². The standard InChI is InChI=1S/C6H5FNO/c1-9-6-2-5(7)3-8-4-6/h2,4H,1H3/i1D3. The highest BCUT2D eigenvalue weighted by molar-refractivity contribution is 5.15. The van der Waals surface area contributed by atoms with Crippen molar-refractivity contribution in [3.05, 3.63) is 24.3 Å². The van der Waals surface area contributed by atoms with Crippen LogP contribution in [0, 0.1) is 12.0 Å². The Morgan fingerprint density at radius 2 is 2.89 bits per heavy atom. The van der Waals surface area contributed by atoms with E-state index in [1.54, 1.807) is 0 Å². The first kappa shape index (κ1) is 3.15. The van der Waals surface area contributed by atoms with Gasteiger partial charge in [-0.3, -0.25) is 0 Å². The van der Waals surface area contributed by atoms with Gasteiger partial charge >= 0.3 is 0 Å². The quantitative estimate of drug-likeness (QED) is 0.565. The topological polar surface area (TPSA) is 22.1 Å². The van der Waals surface area contributed by atoms with E-state index >= 15 is 0 Å². The van der Waals surface area contributed by atoms with E-state index in [-0.39, 0.29) is 5.75 Å². The number of rotatable bonds is 1. The van der Waals surface area contributed by atoms with Crippen LogP contribution in [0.3, 0.4) is 0 Å². The fraction of sp³-hybridized carbons (Fsp3) is 0.167. The molecule has 1 rings (SSSR count). The van der Waals surface area contributed by atoms with Crippen molar-refractivity contribution >= 4 is 0 Å². The van der Waals surface area contributed by atoms with Crippen LogP contribution in [0.4, 0.5) is 4.39 Å². The van der Waals surface area contributed by atoms with Gasteiger partial charge in [-0.1, -0.05) is 0 Å². The first-order valence-corrected chi connectivity index (χ1v) is 2.20. The van der Waals surface area contributed by atoms with Gasteiger partial charge in [0, 0.05) is 6.07 Å². The van der Waals surface area contributed by atoms with E-state index in [0.717, 1.165) is 12.3 Å². The van der Waals surface area contributed by atoms with Gasteiger partial charge < -0.3 is 4.74 Å². The second-order valence-electron chi connectivity index (χ2n) is 1.37. The molecule has 0 saturated carbocycles.